The lowest BCUT2D eigenvalue weighted by atomic mass is 9.95. The predicted octanol–water partition coefficient (Wildman–Crippen LogP) is 2.71. The van der Waals surface area contributed by atoms with Crippen LogP contribution < -0.4 is 15.0 Å². The van der Waals surface area contributed by atoms with E-state index in [2.05, 4.69) is 11.4 Å². The van der Waals surface area contributed by atoms with Crippen LogP contribution in [0.2, 0.25) is 0 Å². The van der Waals surface area contributed by atoms with Crippen LogP contribution in [0.4, 0.5) is 11.4 Å². The zero-order valence-electron chi connectivity index (χ0n) is 18.5. The Morgan fingerprint density at radius 2 is 1.97 bits per heavy atom. The van der Waals surface area contributed by atoms with Crippen LogP contribution in [0, 0.1) is 12.8 Å². The van der Waals surface area contributed by atoms with Crippen molar-refractivity contribution in [1.29, 1.82) is 0 Å². The second-order valence-corrected chi connectivity index (χ2v) is 10.8. The monoisotopic (exact) mass is 469 g/mol. The van der Waals surface area contributed by atoms with E-state index in [0.717, 1.165) is 24.1 Å². The van der Waals surface area contributed by atoms with Gasteiger partial charge in [0.25, 0.3) is 5.91 Å². The lowest BCUT2D eigenvalue weighted by Crippen LogP contribution is -2.48. The van der Waals surface area contributed by atoms with Gasteiger partial charge < -0.3 is 15.0 Å². The van der Waals surface area contributed by atoms with E-state index < -0.39 is 10.0 Å². The minimum Gasteiger partial charge on any atom is -0.482 e. The fourth-order valence-corrected chi connectivity index (χ4v) is 6.72. The van der Waals surface area contributed by atoms with Gasteiger partial charge in [0.05, 0.1) is 16.5 Å². The molecular weight excluding hydrogens is 442 g/mol. The first kappa shape index (κ1) is 21.9. The Balaban J connectivity index is 1.39. The first-order chi connectivity index (χ1) is 15.8. The molecule has 3 heterocycles. The molecule has 33 heavy (non-hydrogen) atoms. The summed E-state index contributed by atoms with van der Waals surface area (Å²) in [6.45, 7) is 2.75. The number of aryl methyl sites for hydroxylation is 2. The maximum atomic E-state index is 13.6. The van der Waals surface area contributed by atoms with Gasteiger partial charge in [0.2, 0.25) is 15.9 Å². The third-order valence-corrected chi connectivity index (χ3v) is 8.64. The quantitative estimate of drug-likeness (QED) is 0.746. The van der Waals surface area contributed by atoms with Crippen molar-refractivity contribution in [2.24, 2.45) is 5.92 Å². The number of hydrogen-bond acceptors (Lipinski definition) is 5. The van der Waals surface area contributed by atoms with Crippen molar-refractivity contribution in [2.45, 2.75) is 37.5 Å². The summed E-state index contributed by atoms with van der Waals surface area (Å²) in [4.78, 5) is 27.0. The molecule has 1 saturated heterocycles. The molecule has 0 saturated carbocycles. The Labute approximate surface area is 193 Å². The molecule has 0 bridgehead atoms. The Morgan fingerprint density at radius 3 is 2.82 bits per heavy atom. The summed E-state index contributed by atoms with van der Waals surface area (Å²) in [7, 11) is -3.83. The standard InChI is InChI=1S/C24H27N3O5S/c1-16-12-19-21(32-15-23(28)25-19)13-22(16)33(30,31)26-10-4-8-18(14-26)24(29)27-11-5-7-17-6-2-3-9-20(17)27/h2-3,6,9,12-13,18H,4-5,7-8,10-11,14-15H2,1H3,(H,25,28)/t18-/m1/s1. The van der Waals surface area contributed by atoms with Crippen LogP contribution in [0.15, 0.2) is 41.3 Å². The van der Waals surface area contributed by atoms with Gasteiger partial charge in [-0.3, -0.25) is 9.59 Å². The Morgan fingerprint density at radius 1 is 1.15 bits per heavy atom. The van der Waals surface area contributed by atoms with E-state index in [1.165, 1.54) is 10.4 Å². The normalized spacial score (nSPS) is 20.9. The zero-order valence-corrected chi connectivity index (χ0v) is 19.4. The third kappa shape index (κ3) is 4.00. The van der Waals surface area contributed by atoms with Crippen molar-refractivity contribution in [3.63, 3.8) is 0 Å². The Bertz CT molecular complexity index is 1230. The van der Waals surface area contributed by atoms with Crippen LogP contribution in [0.3, 0.4) is 0 Å². The summed E-state index contributed by atoms with van der Waals surface area (Å²) >= 11 is 0. The molecule has 2 aromatic carbocycles. The number of nitrogens with one attached hydrogen (secondary N) is 1. The number of amides is 2. The molecule has 0 radical (unpaired) electrons. The summed E-state index contributed by atoms with van der Waals surface area (Å²) in [6.07, 6.45) is 3.15. The van der Waals surface area contributed by atoms with Gasteiger partial charge in [0.1, 0.15) is 5.75 Å². The molecule has 0 unspecified atom stereocenters. The first-order valence-corrected chi connectivity index (χ1v) is 12.8. The van der Waals surface area contributed by atoms with Crippen LogP contribution in [0.1, 0.15) is 30.4 Å². The summed E-state index contributed by atoms with van der Waals surface area (Å²) in [5.41, 5.74) is 3.10. The molecule has 5 rings (SSSR count). The number of hydrogen-bond donors (Lipinski definition) is 1. The lowest BCUT2D eigenvalue weighted by Gasteiger charge is -2.36. The summed E-state index contributed by atoms with van der Waals surface area (Å²) < 4.78 is 34.0. The molecule has 8 nitrogen and oxygen atoms in total. The molecule has 174 valence electrons. The van der Waals surface area contributed by atoms with Gasteiger partial charge in [-0.15, -0.1) is 0 Å². The van der Waals surface area contributed by atoms with Crippen LogP contribution in [-0.2, 0) is 26.0 Å². The number of rotatable bonds is 3. The fourth-order valence-electron chi connectivity index (χ4n) is 4.98. The number of piperidine rings is 1. The number of carbonyl (C=O) groups is 2. The SMILES string of the molecule is Cc1cc2c(cc1S(=O)(=O)N1CCC[C@@H](C(=O)N3CCCc4ccccc43)C1)OCC(=O)N2. The van der Waals surface area contributed by atoms with Crippen molar-refractivity contribution in [3.05, 3.63) is 47.5 Å². The van der Waals surface area contributed by atoms with Crippen LogP contribution >= 0.6 is 0 Å². The number of nitrogens with zero attached hydrogens (tertiary/aromatic N) is 2. The summed E-state index contributed by atoms with van der Waals surface area (Å²) in [5.74, 6) is -0.314. The van der Waals surface area contributed by atoms with E-state index in [0.29, 0.717) is 42.9 Å². The molecule has 1 N–H and O–H groups in total. The number of anilines is 2. The highest BCUT2D eigenvalue weighted by Gasteiger charge is 2.37. The van der Waals surface area contributed by atoms with Gasteiger partial charge in [0, 0.05) is 31.4 Å². The fraction of sp³-hybridized carbons (Fsp3) is 0.417. The van der Waals surface area contributed by atoms with Crippen molar-refractivity contribution >= 4 is 33.2 Å². The first-order valence-electron chi connectivity index (χ1n) is 11.3. The zero-order chi connectivity index (χ0) is 23.2. The van der Waals surface area contributed by atoms with Crippen LogP contribution in [0.25, 0.3) is 0 Å². The largest absolute Gasteiger partial charge is 0.482 e. The number of sulfonamides is 1. The molecule has 9 heteroatoms. The highest BCUT2D eigenvalue weighted by Crippen LogP contribution is 2.36. The van der Waals surface area contributed by atoms with Gasteiger partial charge in [-0.2, -0.15) is 4.31 Å². The summed E-state index contributed by atoms with van der Waals surface area (Å²) in [6, 6.07) is 11.0. The van der Waals surface area contributed by atoms with Gasteiger partial charge in [0.15, 0.2) is 6.61 Å². The molecule has 3 aliphatic rings. The molecule has 1 fully saturated rings. The molecule has 2 aromatic rings. The lowest BCUT2D eigenvalue weighted by molar-refractivity contribution is -0.123. The molecule has 0 aliphatic carbocycles. The molecule has 2 amide bonds. The number of ether oxygens (including phenoxy) is 1. The van der Waals surface area contributed by atoms with E-state index in [-0.39, 0.29) is 35.8 Å². The van der Waals surface area contributed by atoms with E-state index in [1.54, 1.807) is 13.0 Å². The average molecular weight is 470 g/mol. The van der Waals surface area contributed by atoms with Crippen molar-refractivity contribution < 1.29 is 22.7 Å². The smallest absolute Gasteiger partial charge is 0.262 e. The van der Waals surface area contributed by atoms with Crippen molar-refractivity contribution in [3.8, 4) is 5.75 Å². The number of fused-ring (bicyclic) bond motifs is 2. The van der Waals surface area contributed by atoms with Gasteiger partial charge in [-0.05, 0) is 55.9 Å². The third-order valence-electron chi connectivity index (χ3n) is 6.64. The number of benzene rings is 2. The molecular formula is C24H27N3O5S. The van der Waals surface area contributed by atoms with E-state index in [9.17, 15) is 18.0 Å². The van der Waals surface area contributed by atoms with Gasteiger partial charge >= 0.3 is 0 Å². The van der Waals surface area contributed by atoms with Crippen molar-refractivity contribution in [1.82, 2.24) is 4.31 Å². The van der Waals surface area contributed by atoms with Gasteiger partial charge in [-0.25, -0.2) is 8.42 Å². The molecule has 1 atom stereocenters. The molecule has 0 spiro atoms. The average Bonchev–Trinajstić information content (AvgIpc) is 2.82. The van der Waals surface area contributed by atoms with E-state index in [4.69, 9.17) is 4.74 Å². The highest BCUT2D eigenvalue weighted by atomic mass is 32.2. The topological polar surface area (TPSA) is 96.0 Å². The number of carbonyl (C=O) groups excluding carboxylic acids is 2. The highest BCUT2D eigenvalue weighted by molar-refractivity contribution is 7.89. The molecule has 3 aliphatic heterocycles. The van der Waals surface area contributed by atoms with Crippen molar-refractivity contribution in [2.75, 3.05) is 36.5 Å². The predicted molar refractivity (Wildman–Crippen MR) is 124 cm³/mol. The maximum Gasteiger partial charge on any atom is 0.262 e. The second kappa shape index (κ2) is 8.46. The number of para-hydroxylation sites is 1. The Kier molecular flexibility index (Phi) is 5.62. The minimum atomic E-state index is -3.83. The maximum absolute atomic E-state index is 13.6. The van der Waals surface area contributed by atoms with Gasteiger partial charge in [-0.1, -0.05) is 18.2 Å². The van der Waals surface area contributed by atoms with Crippen LogP contribution in [0.5, 0.6) is 5.75 Å². The summed E-state index contributed by atoms with van der Waals surface area (Å²) in [5, 5.41) is 2.70. The van der Waals surface area contributed by atoms with Crippen LogP contribution in [-0.4, -0.2) is 50.8 Å². The minimum absolute atomic E-state index is 0.00439. The molecule has 0 aromatic heterocycles. The van der Waals surface area contributed by atoms with E-state index >= 15 is 0 Å². The Hall–Kier alpha value is -2.91. The van der Waals surface area contributed by atoms with E-state index in [1.807, 2.05) is 23.1 Å². The second-order valence-electron chi connectivity index (χ2n) is 8.88.